The van der Waals surface area contributed by atoms with Gasteiger partial charge in [0, 0.05) is 12.6 Å². The Morgan fingerprint density at radius 2 is 1.56 bits per heavy atom. The Bertz CT molecular complexity index is 1400. The van der Waals surface area contributed by atoms with E-state index in [2.05, 4.69) is 5.32 Å². The Balaban J connectivity index is 2.09. The summed E-state index contributed by atoms with van der Waals surface area (Å²) in [7, 11) is -4.23. The standard InChI is InChI=1S/C29H33Cl2N3O4S/c1-5-25(29(36)32-20(2)3)33(18-22-16-14-21(4)15-17-22)27(35)19-34(26-13-9-12-24(30)28(26)31)39(37,38)23-10-7-6-8-11-23/h6-17,20,25H,5,18-19H2,1-4H3,(H,32,36)/t25-/m0/s1. The molecule has 7 nitrogen and oxygen atoms in total. The van der Waals surface area contributed by atoms with Crippen molar-refractivity contribution < 1.29 is 18.0 Å². The summed E-state index contributed by atoms with van der Waals surface area (Å²) in [6.45, 7) is 6.98. The summed E-state index contributed by atoms with van der Waals surface area (Å²) < 4.78 is 28.6. The van der Waals surface area contributed by atoms with E-state index in [0.717, 1.165) is 15.4 Å². The van der Waals surface area contributed by atoms with Crippen molar-refractivity contribution in [1.82, 2.24) is 10.2 Å². The van der Waals surface area contributed by atoms with Crippen LogP contribution in [0.15, 0.2) is 77.7 Å². The van der Waals surface area contributed by atoms with Gasteiger partial charge in [0.2, 0.25) is 11.8 Å². The van der Waals surface area contributed by atoms with E-state index in [-0.39, 0.29) is 39.1 Å². The second-order valence-corrected chi connectivity index (χ2v) is 12.1. The van der Waals surface area contributed by atoms with Crippen molar-refractivity contribution in [2.45, 2.75) is 57.6 Å². The van der Waals surface area contributed by atoms with E-state index in [1.165, 1.54) is 29.2 Å². The lowest BCUT2D eigenvalue weighted by atomic mass is 10.1. The molecule has 0 saturated heterocycles. The van der Waals surface area contributed by atoms with Gasteiger partial charge in [0.05, 0.1) is 20.6 Å². The molecule has 0 heterocycles. The highest BCUT2D eigenvalue weighted by Crippen LogP contribution is 2.35. The number of carbonyl (C=O) groups excluding carboxylic acids is 2. The zero-order valence-corrected chi connectivity index (χ0v) is 24.7. The van der Waals surface area contributed by atoms with Gasteiger partial charge in [-0.25, -0.2) is 8.42 Å². The van der Waals surface area contributed by atoms with Crippen LogP contribution < -0.4 is 9.62 Å². The molecule has 10 heteroatoms. The molecule has 0 radical (unpaired) electrons. The van der Waals surface area contributed by atoms with Crippen molar-refractivity contribution in [2.24, 2.45) is 0 Å². The van der Waals surface area contributed by atoms with E-state index >= 15 is 0 Å². The summed E-state index contributed by atoms with van der Waals surface area (Å²) in [5.74, 6) is -0.872. The molecule has 0 aromatic heterocycles. The summed E-state index contributed by atoms with van der Waals surface area (Å²) >= 11 is 12.7. The number of carbonyl (C=O) groups is 2. The third-order valence-corrected chi connectivity index (χ3v) is 8.68. The minimum atomic E-state index is -4.23. The highest BCUT2D eigenvalue weighted by molar-refractivity contribution is 7.92. The van der Waals surface area contributed by atoms with E-state index < -0.39 is 28.5 Å². The first-order valence-corrected chi connectivity index (χ1v) is 14.8. The van der Waals surface area contributed by atoms with Gasteiger partial charge < -0.3 is 10.2 Å². The highest BCUT2D eigenvalue weighted by Gasteiger charge is 2.34. The predicted molar refractivity (Wildman–Crippen MR) is 157 cm³/mol. The Labute approximate surface area is 240 Å². The van der Waals surface area contributed by atoms with Crippen LogP contribution >= 0.6 is 23.2 Å². The molecule has 0 aliphatic heterocycles. The molecule has 0 aliphatic rings. The first kappa shape index (κ1) is 30.5. The number of rotatable bonds is 11. The molecule has 0 fully saturated rings. The second kappa shape index (κ2) is 13.3. The number of aryl methyl sites for hydroxylation is 1. The van der Waals surface area contributed by atoms with Gasteiger partial charge in [-0.3, -0.25) is 13.9 Å². The topological polar surface area (TPSA) is 86.8 Å². The second-order valence-electron chi connectivity index (χ2n) is 9.49. The fourth-order valence-corrected chi connectivity index (χ4v) is 6.00. The minimum Gasteiger partial charge on any atom is -0.352 e. The van der Waals surface area contributed by atoms with Crippen LogP contribution in [0.1, 0.15) is 38.3 Å². The Kier molecular flexibility index (Phi) is 10.4. The van der Waals surface area contributed by atoms with Crippen LogP contribution in [0, 0.1) is 6.92 Å². The van der Waals surface area contributed by atoms with Crippen LogP contribution in [-0.4, -0.2) is 43.8 Å². The normalized spacial score (nSPS) is 12.2. The lowest BCUT2D eigenvalue weighted by molar-refractivity contribution is -0.140. The molecule has 1 N–H and O–H groups in total. The summed E-state index contributed by atoms with van der Waals surface area (Å²) in [6.07, 6.45) is 0.333. The SMILES string of the molecule is CC[C@@H](C(=O)NC(C)C)N(Cc1ccc(C)cc1)C(=O)CN(c1cccc(Cl)c1Cl)S(=O)(=O)c1ccccc1. The third kappa shape index (κ3) is 7.53. The molecule has 0 unspecified atom stereocenters. The van der Waals surface area contributed by atoms with E-state index in [1.807, 2.05) is 52.0 Å². The zero-order chi connectivity index (χ0) is 28.7. The van der Waals surface area contributed by atoms with Crippen molar-refractivity contribution >= 4 is 50.7 Å². The van der Waals surface area contributed by atoms with Crippen molar-refractivity contribution in [3.05, 3.63) is 94.0 Å². The smallest absolute Gasteiger partial charge is 0.264 e. The summed E-state index contributed by atoms with van der Waals surface area (Å²) in [5, 5.41) is 3.03. The molecule has 2 amide bonds. The predicted octanol–water partition coefficient (Wildman–Crippen LogP) is 5.83. The number of sulfonamides is 1. The number of nitrogens with one attached hydrogen (secondary N) is 1. The van der Waals surface area contributed by atoms with Gasteiger partial charge in [0.25, 0.3) is 10.0 Å². The molecule has 3 aromatic rings. The lowest BCUT2D eigenvalue weighted by Gasteiger charge is -2.33. The van der Waals surface area contributed by atoms with Gasteiger partial charge in [-0.05, 0) is 57.0 Å². The van der Waals surface area contributed by atoms with Crippen LogP contribution in [-0.2, 0) is 26.2 Å². The molecule has 1 atom stereocenters. The van der Waals surface area contributed by atoms with E-state index in [1.54, 1.807) is 24.3 Å². The van der Waals surface area contributed by atoms with Crippen molar-refractivity contribution in [1.29, 1.82) is 0 Å². The van der Waals surface area contributed by atoms with Crippen molar-refractivity contribution in [3.63, 3.8) is 0 Å². The third-order valence-electron chi connectivity index (χ3n) is 6.10. The number of hydrogen-bond donors (Lipinski definition) is 1. The monoisotopic (exact) mass is 589 g/mol. The van der Waals surface area contributed by atoms with Crippen LogP contribution in [0.25, 0.3) is 0 Å². The number of halogens is 2. The highest BCUT2D eigenvalue weighted by atomic mass is 35.5. The Morgan fingerprint density at radius 3 is 2.15 bits per heavy atom. The number of benzene rings is 3. The largest absolute Gasteiger partial charge is 0.352 e. The molecule has 39 heavy (non-hydrogen) atoms. The van der Waals surface area contributed by atoms with E-state index in [0.29, 0.717) is 6.42 Å². The number of nitrogens with zero attached hydrogens (tertiary/aromatic N) is 2. The first-order chi connectivity index (χ1) is 18.4. The molecule has 0 saturated carbocycles. The average molecular weight is 591 g/mol. The number of amides is 2. The van der Waals surface area contributed by atoms with Crippen LogP contribution in [0.5, 0.6) is 0 Å². The number of hydrogen-bond acceptors (Lipinski definition) is 4. The lowest BCUT2D eigenvalue weighted by Crippen LogP contribution is -2.53. The van der Waals surface area contributed by atoms with Gasteiger partial charge in [-0.15, -0.1) is 0 Å². The zero-order valence-electron chi connectivity index (χ0n) is 22.4. The molecule has 3 rings (SSSR count). The van der Waals surface area contributed by atoms with Crippen molar-refractivity contribution in [2.75, 3.05) is 10.8 Å². The molecule has 0 aliphatic carbocycles. The maximum atomic E-state index is 14.0. The average Bonchev–Trinajstić information content (AvgIpc) is 2.90. The van der Waals surface area contributed by atoms with Crippen molar-refractivity contribution in [3.8, 4) is 0 Å². The van der Waals surface area contributed by atoms with Gasteiger partial charge in [0.1, 0.15) is 12.6 Å². The number of anilines is 1. The Hall–Kier alpha value is -3.07. The van der Waals surface area contributed by atoms with Crippen LogP contribution in [0.4, 0.5) is 5.69 Å². The maximum Gasteiger partial charge on any atom is 0.264 e. The summed E-state index contributed by atoms with van der Waals surface area (Å²) in [4.78, 5) is 28.6. The van der Waals surface area contributed by atoms with Crippen LogP contribution in [0.3, 0.4) is 0 Å². The van der Waals surface area contributed by atoms with Gasteiger partial charge in [-0.2, -0.15) is 0 Å². The molecular weight excluding hydrogens is 557 g/mol. The Morgan fingerprint density at radius 1 is 0.923 bits per heavy atom. The fraction of sp³-hybridized carbons (Fsp3) is 0.310. The molecule has 3 aromatic carbocycles. The summed E-state index contributed by atoms with van der Waals surface area (Å²) in [5.41, 5.74) is 1.93. The quantitative estimate of drug-likeness (QED) is 0.305. The maximum absolute atomic E-state index is 14.0. The van der Waals surface area contributed by atoms with E-state index in [4.69, 9.17) is 23.2 Å². The van der Waals surface area contributed by atoms with E-state index in [9.17, 15) is 18.0 Å². The summed E-state index contributed by atoms with van der Waals surface area (Å²) in [6, 6.07) is 19.0. The first-order valence-electron chi connectivity index (χ1n) is 12.6. The van der Waals surface area contributed by atoms with Gasteiger partial charge >= 0.3 is 0 Å². The fourth-order valence-electron chi connectivity index (χ4n) is 4.11. The van der Waals surface area contributed by atoms with Gasteiger partial charge in [0.15, 0.2) is 0 Å². The van der Waals surface area contributed by atoms with Crippen LogP contribution in [0.2, 0.25) is 10.0 Å². The minimum absolute atomic E-state index is 0.00106. The molecule has 0 spiro atoms. The molecular formula is C29H33Cl2N3O4S. The van der Waals surface area contributed by atoms with Gasteiger partial charge in [-0.1, -0.05) is 84.2 Å². The molecule has 0 bridgehead atoms. The molecule has 208 valence electrons.